The highest BCUT2D eigenvalue weighted by molar-refractivity contribution is 5.77. The average Bonchev–Trinajstić information content (AvgIpc) is 3.73. The number of nitrogens with two attached hydrogens (primary N) is 1. The lowest BCUT2D eigenvalue weighted by molar-refractivity contribution is -0.122. The molecule has 49 heavy (non-hydrogen) atoms. The van der Waals surface area contributed by atoms with Gasteiger partial charge in [0.15, 0.2) is 29.3 Å². The van der Waals surface area contributed by atoms with Gasteiger partial charge in [-0.25, -0.2) is 0 Å². The maximum atomic E-state index is 13.3. The zero-order chi connectivity index (χ0) is 34.6. The minimum absolute atomic E-state index is 0.0804. The molecule has 0 bridgehead atoms. The Morgan fingerprint density at radius 3 is 1.96 bits per heavy atom. The SMILES string of the molecule is COc1cc([C@@H]2c3cc4c(cc3[C@@H](NC(=O)CCNCCCCNCCCCNCCCCN)[C@H]3COC(O)[C@H]23)OCO4)cc(OC)c1O. The van der Waals surface area contributed by atoms with Crippen LogP contribution in [0.1, 0.15) is 73.6 Å². The molecule has 1 aliphatic carbocycles. The van der Waals surface area contributed by atoms with Crippen LogP contribution in [0, 0.1) is 11.8 Å². The first-order chi connectivity index (χ1) is 24.0. The Hall–Kier alpha value is -3.33. The van der Waals surface area contributed by atoms with Crippen LogP contribution in [0.2, 0.25) is 0 Å². The first-order valence-corrected chi connectivity index (χ1v) is 17.8. The van der Waals surface area contributed by atoms with Crippen molar-refractivity contribution in [1.82, 2.24) is 21.3 Å². The molecular formula is C36H55N5O8. The monoisotopic (exact) mass is 685 g/mol. The Labute approximate surface area is 289 Å². The molecule has 0 radical (unpaired) electrons. The van der Waals surface area contributed by atoms with Gasteiger partial charge in [-0.2, -0.15) is 0 Å². The minimum atomic E-state index is -1.07. The summed E-state index contributed by atoms with van der Waals surface area (Å²) in [6.07, 6.45) is 5.95. The lowest BCUT2D eigenvalue weighted by Gasteiger charge is -2.41. The van der Waals surface area contributed by atoms with Crippen LogP contribution in [0.5, 0.6) is 28.7 Å². The van der Waals surface area contributed by atoms with Crippen molar-refractivity contribution < 1.29 is 38.7 Å². The number of fused-ring (bicyclic) bond motifs is 3. The molecule has 1 unspecified atom stereocenters. The van der Waals surface area contributed by atoms with E-state index < -0.39 is 18.2 Å². The summed E-state index contributed by atoms with van der Waals surface area (Å²) in [6.45, 7) is 6.70. The fourth-order valence-electron chi connectivity index (χ4n) is 7.22. The predicted octanol–water partition coefficient (Wildman–Crippen LogP) is 2.48. The molecule has 2 aromatic carbocycles. The summed E-state index contributed by atoms with van der Waals surface area (Å²) in [4.78, 5) is 13.3. The first kappa shape index (κ1) is 36.9. The van der Waals surface area contributed by atoms with Crippen LogP contribution >= 0.6 is 0 Å². The average molecular weight is 686 g/mol. The van der Waals surface area contributed by atoms with E-state index in [2.05, 4.69) is 21.3 Å². The smallest absolute Gasteiger partial charge is 0.231 e. The molecule has 5 rings (SSSR count). The zero-order valence-electron chi connectivity index (χ0n) is 28.9. The van der Waals surface area contributed by atoms with Gasteiger partial charge in [0, 0.05) is 30.7 Å². The Morgan fingerprint density at radius 2 is 1.39 bits per heavy atom. The van der Waals surface area contributed by atoms with Crippen molar-refractivity contribution in [2.24, 2.45) is 17.6 Å². The highest BCUT2D eigenvalue weighted by Crippen LogP contribution is 2.56. The number of phenols is 1. The molecule has 1 amide bonds. The molecule has 1 saturated heterocycles. The van der Waals surface area contributed by atoms with Crippen molar-refractivity contribution in [1.29, 1.82) is 0 Å². The molecule has 13 heteroatoms. The number of aliphatic hydroxyl groups excluding tert-OH is 1. The van der Waals surface area contributed by atoms with Crippen LogP contribution in [0.25, 0.3) is 0 Å². The van der Waals surface area contributed by atoms with Gasteiger partial charge in [0.25, 0.3) is 0 Å². The zero-order valence-corrected chi connectivity index (χ0v) is 28.9. The van der Waals surface area contributed by atoms with Crippen LogP contribution in [-0.4, -0.2) is 95.8 Å². The fraction of sp³-hybridized carbons (Fsp3) is 0.639. The summed E-state index contributed by atoms with van der Waals surface area (Å²) < 4.78 is 28.2. The molecule has 0 aromatic heterocycles. The van der Waals surface area contributed by atoms with Gasteiger partial charge in [0.1, 0.15) is 0 Å². The number of phenolic OH excluding ortho intramolecular Hbond substituents is 1. The van der Waals surface area contributed by atoms with Crippen LogP contribution in [-0.2, 0) is 9.53 Å². The molecule has 272 valence electrons. The number of hydrogen-bond acceptors (Lipinski definition) is 12. The van der Waals surface area contributed by atoms with E-state index in [0.29, 0.717) is 24.5 Å². The minimum Gasteiger partial charge on any atom is -0.502 e. The van der Waals surface area contributed by atoms with Gasteiger partial charge in [0.05, 0.1) is 26.9 Å². The summed E-state index contributed by atoms with van der Waals surface area (Å²) in [6, 6.07) is 6.96. The summed E-state index contributed by atoms with van der Waals surface area (Å²) in [5.41, 5.74) is 8.05. The Kier molecular flexibility index (Phi) is 14.0. The summed E-state index contributed by atoms with van der Waals surface area (Å²) in [7, 11) is 2.96. The number of amides is 1. The molecule has 3 aliphatic rings. The third-order valence-electron chi connectivity index (χ3n) is 9.77. The van der Waals surface area contributed by atoms with Crippen molar-refractivity contribution in [3.05, 3.63) is 41.0 Å². The molecule has 5 atom stereocenters. The number of aliphatic hydroxyl groups is 1. The normalized spacial score (nSPS) is 22.1. The number of benzene rings is 2. The number of rotatable bonds is 21. The number of methoxy groups -OCH3 is 2. The van der Waals surface area contributed by atoms with Crippen molar-refractivity contribution in [2.75, 3.05) is 73.4 Å². The van der Waals surface area contributed by atoms with E-state index in [0.717, 1.165) is 81.6 Å². The number of carbonyl (C=O) groups is 1. The van der Waals surface area contributed by atoms with Gasteiger partial charge in [-0.15, -0.1) is 0 Å². The Morgan fingerprint density at radius 1 is 0.837 bits per heavy atom. The van der Waals surface area contributed by atoms with Gasteiger partial charge in [-0.05, 0) is 119 Å². The second-order valence-electron chi connectivity index (χ2n) is 13.0. The summed E-state index contributed by atoms with van der Waals surface area (Å²) >= 11 is 0. The molecular weight excluding hydrogens is 630 g/mol. The largest absolute Gasteiger partial charge is 0.502 e. The summed E-state index contributed by atoms with van der Waals surface area (Å²) in [5.74, 6) is 0.556. The lowest BCUT2D eigenvalue weighted by Crippen LogP contribution is -2.44. The molecule has 2 aliphatic heterocycles. The number of hydrogen-bond donors (Lipinski definition) is 7. The Bertz CT molecular complexity index is 1340. The van der Waals surface area contributed by atoms with E-state index in [1.165, 1.54) is 27.1 Å². The molecule has 2 aromatic rings. The van der Waals surface area contributed by atoms with E-state index in [1.807, 2.05) is 12.1 Å². The number of carbonyl (C=O) groups excluding carboxylic acids is 1. The van der Waals surface area contributed by atoms with Crippen LogP contribution in [0.3, 0.4) is 0 Å². The van der Waals surface area contributed by atoms with Gasteiger partial charge in [0.2, 0.25) is 18.4 Å². The standard InChI is InChI=1S/C36H55N5O8/c1-45-29-17-23(18-30(46-2)35(29)43)32-24-19-27-28(49-22-48-27)20-25(24)34(26-21-47-36(44)33(26)32)41-31(42)9-16-40-15-8-7-14-39-13-6-5-12-38-11-4-3-10-37/h17-20,26,32-34,36,38-40,43-44H,3-16,21-22,37H2,1-2H3,(H,41,42)/t26-,32+,33-,34+,36?/m0/s1. The summed E-state index contributed by atoms with van der Waals surface area (Å²) in [5, 5.41) is 35.4. The maximum Gasteiger partial charge on any atom is 0.231 e. The maximum absolute atomic E-state index is 13.3. The second-order valence-corrected chi connectivity index (χ2v) is 13.0. The van der Waals surface area contributed by atoms with Crippen molar-refractivity contribution >= 4 is 5.91 Å². The van der Waals surface area contributed by atoms with Crippen LogP contribution in [0.4, 0.5) is 0 Å². The van der Waals surface area contributed by atoms with E-state index in [4.69, 9.17) is 29.4 Å². The molecule has 1 fully saturated rings. The Balaban J connectivity index is 1.14. The van der Waals surface area contributed by atoms with Crippen molar-refractivity contribution in [3.8, 4) is 28.7 Å². The predicted molar refractivity (Wildman–Crippen MR) is 185 cm³/mol. The molecule has 0 saturated carbocycles. The molecule has 8 N–H and O–H groups in total. The quantitative estimate of drug-likeness (QED) is 0.0957. The second kappa shape index (κ2) is 18.6. The molecule has 2 heterocycles. The number of nitrogens with one attached hydrogen (secondary N) is 4. The third kappa shape index (κ3) is 9.27. The lowest BCUT2D eigenvalue weighted by atomic mass is 9.65. The van der Waals surface area contributed by atoms with Gasteiger partial charge < -0.3 is 60.9 Å². The topological polar surface area (TPSA) is 178 Å². The number of aromatic hydroxyl groups is 1. The van der Waals surface area contributed by atoms with Crippen molar-refractivity contribution in [2.45, 2.75) is 63.2 Å². The van der Waals surface area contributed by atoms with E-state index in [9.17, 15) is 15.0 Å². The van der Waals surface area contributed by atoms with Crippen LogP contribution in [0.15, 0.2) is 24.3 Å². The molecule has 0 spiro atoms. The van der Waals surface area contributed by atoms with E-state index in [1.54, 1.807) is 12.1 Å². The van der Waals surface area contributed by atoms with Gasteiger partial charge in [-0.1, -0.05) is 0 Å². The number of ether oxygens (including phenoxy) is 5. The highest BCUT2D eigenvalue weighted by Gasteiger charge is 2.52. The van der Waals surface area contributed by atoms with Crippen molar-refractivity contribution in [3.63, 3.8) is 0 Å². The molecule has 13 nitrogen and oxygen atoms in total. The highest BCUT2D eigenvalue weighted by atomic mass is 16.7. The third-order valence-corrected chi connectivity index (χ3v) is 9.77. The van der Waals surface area contributed by atoms with E-state index >= 15 is 0 Å². The van der Waals surface area contributed by atoms with Crippen LogP contribution < -0.4 is 45.9 Å². The first-order valence-electron chi connectivity index (χ1n) is 17.8. The van der Waals surface area contributed by atoms with E-state index in [-0.39, 0.29) is 48.4 Å². The van der Waals surface area contributed by atoms with Gasteiger partial charge in [-0.3, -0.25) is 4.79 Å². The fourth-order valence-corrected chi connectivity index (χ4v) is 7.22. The van der Waals surface area contributed by atoms with Gasteiger partial charge >= 0.3 is 0 Å². The number of unbranched alkanes of at least 4 members (excludes halogenated alkanes) is 3.